The number of hydrogen-bond donors (Lipinski definition) is 1. The first-order chi connectivity index (χ1) is 8.15. The van der Waals surface area contributed by atoms with Gasteiger partial charge in [0.2, 0.25) is 0 Å². The minimum Gasteiger partial charge on any atom is -0.356 e. The third-order valence-electron chi connectivity index (χ3n) is 2.68. The lowest BCUT2D eigenvalue weighted by Gasteiger charge is -2.11. The van der Waals surface area contributed by atoms with Gasteiger partial charge in [-0.1, -0.05) is 42.5 Å². The van der Waals surface area contributed by atoms with E-state index < -0.39 is 0 Å². The molecule has 0 amide bonds. The Bertz CT molecular complexity index is 541. The van der Waals surface area contributed by atoms with Crippen molar-refractivity contribution in [1.82, 2.24) is 0 Å². The largest absolute Gasteiger partial charge is 0.356 e. The van der Waals surface area contributed by atoms with Crippen molar-refractivity contribution in [2.45, 2.75) is 13.8 Å². The van der Waals surface area contributed by atoms with Gasteiger partial charge in [0.15, 0.2) is 0 Å². The number of hydrogen-bond acceptors (Lipinski definition) is 1. The average molecular weight is 223 g/mol. The van der Waals surface area contributed by atoms with Crippen LogP contribution in [0.2, 0.25) is 0 Å². The molecule has 0 aliphatic carbocycles. The lowest BCUT2D eigenvalue weighted by molar-refractivity contribution is 1.42. The van der Waals surface area contributed by atoms with Gasteiger partial charge in [-0.15, -0.1) is 0 Å². The highest BCUT2D eigenvalue weighted by molar-refractivity contribution is 5.75. The molecule has 0 saturated carbocycles. The molecule has 0 radical (unpaired) electrons. The minimum atomic E-state index is 0.930. The quantitative estimate of drug-likeness (QED) is 0.814. The van der Waals surface area contributed by atoms with Crippen LogP contribution in [-0.2, 0) is 0 Å². The lowest BCUT2D eigenvalue weighted by atomic mass is 10.1. The van der Waals surface area contributed by atoms with E-state index >= 15 is 0 Å². The van der Waals surface area contributed by atoms with E-state index in [1.54, 1.807) is 0 Å². The summed E-state index contributed by atoms with van der Waals surface area (Å²) in [6.45, 7) is 8.25. The third kappa shape index (κ3) is 2.97. The van der Waals surface area contributed by atoms with E-state index in [-0.39, 0.29) is 0 Å². The van der Waals surface area contributed by atoms with Crippen LogP contribution in [0.5, 0.6) is 0 Å². The topological polar surface area (TPSA) is 12.0 Å². The Morgan fingerprint density at radius 2 is 1.59 bits per heavy atom. The predicted octanol–water partition coefficient (Wildman–Crippen LogP) is 4.39. The van der Waals surface area contributed by atoms with Gasteiger partial charge >= 0.3 is 0 Å². The second kappa shape index (κ2) is 4.88. The molecule has 2 rings (SSSR count). The highest BCUT2D eigenvalue weighted by Gasteiger charge is 1.99. The van der Waals surface area contributed by atoms with E-state index in [2.05, 4.69) is 56.1 Å². The molecule has 0 spiro atoms. The Hall–Kier alpha value is -2.02. The fourth-order valence-corrected chi connectivity index (χ4v) is 1.80. The van der Waals surface area contributed by atoms with Crippen molar-refractivity contribution in [1.29, 1.82) is 0 Å². The second-order valence-electron chi connectivity index (χ2n) is 4.34. The van der Waals surface area contributed by atoms with Crippen LogP contribution >= 0.6 is 0 Å². The number of nitrogens with one attached hydrogen (secondary N) is 1. The highest BCUT2D eigenvalue weighted by atomic mass is 14.9. The maximum Gasteiger partial charge on any atom is 0.0386 e. The molecule has 0 atom stereocenters. The molecule has 0 fully saturated rings. The van der Waals surface area contributed by atoms with Crippen LogP contribution in [-0.4, -0.2) is 0 Å². The molecule has 17 heavy (non-hydrogen) atoms. The van der Waals surface area contributed by atoms with Gasteiger partial charge in [-0.25, -0.2) is 0 Å². The van der Waals surface area contributed by atoms with Crippen molar-refractivity contribution >= 4 is 11.4 Å². The van der Waals surface area contributed by atoms with Gasteiger partial charge in [-0.2, -0.15) is 0 Å². The number of anilines is 1. The fourth-order valence-electron chi connectivity index (χ4n) is 1.80. The number of aryl methyl sites for hydroxylation is 2. The molecule has 0 aliphatic heterocycles. The maximum atomic E-state index is 4.08. The van der Waals surface area contributed by atoms with Gasteiger partial charge in [0.1, 0.15) is 0 Å². The summed E-state index contributed by atoms with van der Waals surface area (Å²) in [5.41, 5.74) is 5.63. The van der Waals surface area contributed by atoms with Crippen molar-refractivity contribution in [3.63, 3.8) is 0 Å². The van der Waals surface area contributed by atoms with Crippen LogP contribution in [0.25, 0.3) is 5.70 Å². The van der Waals surface area contributed by atoms with E-state index in [9.17, 15) is 0 Å². The molecule has 1 N–H and O–H groups in total. The molecule has 0 heterocycles. The van der Waals surface area contributed by atoms with Crippen LogP contribution in [0, 0.1) is 13.8 Å². The van der Waals surface area contributed by atoms with Crippen LogP contribution in [0.1, 0.15) is 16.7 Å². The van der Waals surface area contributed by atoms with Crippen LogP contribution in [0.3, 0.4) is 0 Å². The van der Waals surface area contributed by atoms with Gasteiger partial charge in [0.05, 0.1) is 0 Å². The first-order valence-corrected chi connectivity index (χ1v) is 5.75. The Labute approximate surface area is 103 Å². The second-order valence-corrected chi connectivity index (χ2v) is 4.34. The zero-order valence-corrected chi connectivity index (χ0v) is 10.3. The average Bonchev–Trinajstić information content (AvgIpc) is 2.29. The molecular weight excluding hydrogens is 206 g/mol. The Balaban J connectivity index is 2.17. The highest BCUT2D eigenvalue weighted by Crippen LogP contribution is 2.18. The summed E-state index contributed by atoms with van der Waals surface area (Å²) in [5, 5.41) is 3.33. The first kappa shape index (κ1) is 11.5. The monoisotopic (exact) mass is 223 g/mol. The molecule has 2 aromatic rings. The lowest BCUT2D eigenvalue weighted by Crippen LogP contribution is -1.97. The molecule has 0 aliphatic rings. The normalized spacial score (nSPS) is 10.0. The Kier molecular flexibility index (Phi) is 3.29. The van der Waals surface area contributed by atoms with Crippen molar-refractivity contribution in [3.8, 4) is 0 Å². The Morgan fingerprint density at radius 3 is 2.24 bits per heavy atom. The molecule has 0 saturated heterocycles. The summed E-state index contributed by atoms with van der Waals surface area (Å²) in [4.78, 5) is 0. The van der Waals surface area contributed by atoms with Gasteiger partial charge in [-0.3, -0.25) is 0 Å². The molecule has 0 unspecified atom stereocenters. The summed E-state index contributed by atoms with van der Waals surface area (Å²) < 4.78 is 0. The van der Waals surface area contributed by atoms with E-state index in [4.69, 9.17) is 0 Å². The fraction of sp³-hybridized carbons (Fsp3) is 0.125. The van der Waals surface area contributed by atoms with E-state index in [0.717, 1.165) is 16.9 Å². The van der Waals surface area contributed by atoms with Crippen LogP contribution in [0.4, 0.5) is 5.69 Å². The minimum absolute atomic E-state index is 0.930. The molecule has 0 bridgehead atoms. The van der Waals surface area contributed by atoms with Crippen LogP contribution < -0.4 is 5.32 Å². The van der Waals surface area contributed by atoms with Crippen molar-refractivity contribution in [3.05, 3.63) is 71.8 Å². The van der Waals surface area contributed by atoms with E-state index in [1.807, 2.05) is 18.2 Å². The SMILES string of the molecule is C=C(Nc1cccc(C)c1)c1cccc(C)c1. The number of rotatable bonds is 3. The molecule has 86 valence electrons. The zero-order chi connectivity index (χ0) is 12.3. The summed E-state index contributed by atoms with van der Waals surface area (Å²) in [6.07, 6.45) is 0. The zero-order valence-electron chi connectivity index (χ0n) is 10.3. The summed E-state index contributed by atoms with van der Waals surface area (Å²) in [7, 11) is 0. The third-order valence-corrected chi connectivity index (χ3v) is 2.68. The summed E-state index contributed by atoms with van der Waals surface area (Å²) >= 11 is 0. The van der Waals surface area contributed by atoms with Crippen molar-refractivity contribution in [2.24, 2.45) is 0 Å². The smallest absolute Gasteiger partial charge is 0.0386 e. The van der Waals surface area contributed by atoms with Crippen LogP contribution in [0.15, 0.2) is 55.1 Å². The van der Waals surface area contributed by atoms with Gasteiger partial charge in [-0.05, 0) is 43.2 Å². The van der Waals surface area contributed by atoms with Gasteiger partial charge < -0.3 is 5.32 Å². The molecule has 0 aromatic heterocycles. The summed E-state index contributed by atoms with van der Waals surface area (Å²) in [5.74, 6) is 0. The van der Waals surface area contributed by atoms with Gasteiger partial charge in [0.25, 0.3) is 0 Å². The maximum absolute atomic E-state index is 4.08. The van der Waals surface area contributed by atoms with E-state index in [0.29, 0.717) is 0 Å². The molecule has 1 heteroatoms. The summed E-state index contributed by atoms with van der Waals surface area (Å²) in [6, 6.07) is 16.6. The molecule has 1 nitrogen and oxygen atoms in total. The van der Waals surface area contributed by atoms with E-state index in [1.165, 1.54) is 11.1 Å². The molecular formula is C16H17N. The predicted molar refractivity (Wildman–Crippen MR) is 75.0 cm³/mol. The number of benzene rings is 2. The van der Waals surface area contributed by atoms with Crippen molar-refractivity contribution in [2.75, 3.05) is 5.32 Å². The van der Waals surface area contributed by atoms with Crippen molar-refractivity contribution < 1.29 is 0 Å². The van der Waals surface area contributed by atoms with Gasteiger partial charge in [0, 0.05) is 11.4 Å². The molecule has 2 aromatic carbocycles. The first-order valence-electron chi connectivity index (χ1n) is 5.75. The Morgan fingerprint density at radius 1 is 0.941 bits per heavy atom. The standard InChI is InChI=1S/C16H17N/c1-12-6-4-8-15(10-12)14(3)17-16-9-5-7-13(2)11-16/h4-11,17H,3H2,1-2H3.